The van der Waals surface area contributed by atoms with Gasteiger partial charge in [-0.15, -0.1) is 0 Å². The lowest BCUT2D eigenvalue weighted by Gasteiger charge is -2.11. The fraction of sp³-hybridized carbons (Fsp3) is 0.0833. The number of carbonyl (C=O) groups excluding carboxylic acids is 1. The van der Waals surface area contributed by atoms with E-state index >= 15 is 0 Å². The Hall–Kier alpha value is -2.05. The maximum atomic E-state index is 12.2. The Balaban J connectivity index is 2.35. The topological polar surface area (TPSA) is 90.1 Å². The smallest absolute Gasteiger partial charge is 0.259 e. The molecule has 0 aliphatic carbocycles. The van der Waals surface area contributed by atoms with Gasteiger partial charge >= 0.3 is 0 Å². The van der Waals surface area contributed by atoms with Crippen LogP contribution in [-0.2, 0) is 0 Å². The van der Waals surface area contributed by atoms with E-state index in [1.54, 1.807) is 12.1 Å². The third kappa shape index (κ3) is 2.92. The van der Waals surface area contributed by atoms with E-state index in [4.69, 9.17) is 33.7 Å². The molecule has 6 nitrogen and oxygen atoms in total. The van der Waals surface area contributed by atoms with Crippen molar-refractivity contribution in [1.82, 2.24) is 9.97 Å². The second-order valence-corrected chi connectivity index (χ2v) is 4.46. The molecule has 0 aliphatic rings. The lowest BCUT2D eigenvalue weighted by Crippen LogP contribution is -2.15. The fourth-order valence-corrected chi connectivity index (χ4v) is 1.94. The van der Waals surface area contributed by atoms with E-state index in [2.05, 4.69) is 15.3 Å². The number of aromatic nitrogens is 2. The SMILES string of the molecule is COc1ccc(N)cc1C(=O)Nc1c(Cl)ncnc1Cl. The van der Waals surface area contributed by atoms with Crippen molar-refractivity contribution < 1.29 is 9.53 Å². The molecule has 2 rings (SSSR count). The average Bonchev–Trinajstić information content (AvgIpc) is 2.43. The standard InChI is InChI=1S/C12H10Cl2N4O2/c1-20-8-3-2-6(15)4-7(8)12(19)18-9-10(13)16-5-17-11(9)14/h2-5H,15H2,1H3,(H,18,19). The first-order chi connectivity index (χ1) is 9.52. The molecular formula is C12H10Cl2N4O2. The lowest BCUT2D eigenvalue weighted by atomic mass is 10.1. The monoisotopic (exact) mass is 312 g/mol. The van der Waals surface area contributed by atoms with Crippen molar-refractivity contribution in [2.24, 2.45) is 0 Å². The summed E-state index contributed by atoms with van der Waals surface area (Å²) < 4.78 is 5.11. The van der Waals surface area contributed by atoms with Gasteiger partial charge in [-0.2, -0.15) is 0 Å². The van der Waals surface area contributed by atoms with Crippen molar-refractivity contribution in [3.8, 4) is 5.75 Å². The molecule has 1 aromatic carbocycles. The third-order valence-electron chi connectivity index (χ3n) is 2.46. The zero-order chi connectivity index (χ0) is 14.7. The Bertz CT molecular complexity index is 644. The van der Waals surface area contributed by atoms with Gasteiger partial charge in [-0.3, -0.25) is 4.79 Å². The summed E-state index contributed by atoms with van der Waals surface area (Å²) in [5.41, 5.74) is 6.47. The highest BCUT2D eigenvalue weighted by atomic mass is 35.5. The largest absolute Gasteiger partial charge is 0.496 e. The molecule has 0 unspecified atom stereocenters. The Labute approximate surface area is 124 Å². The minimum absolute atomic E-state index is 0.0428. The van der Waals surface area contributed by atoms with E-state index in [0.717, 1.165) is 0 Å². The summed E-state index contributed by atoms with van der Waals surface area (Å²) in [6.45, 7) is 0. The van der Waals surface area contributed by atoms with Crippen LogP contribution < -0.4 is 15.8 Å². The van der Waals surface area contributed by atoms with Gasteiger partial charge in [-0.05, 0) is 18.2 Å². The van der Waals surface area contributed by atoms with Crippen LogP contribution in [0.25, 0.3) is 0 Å². The molecule has 104 valence electrons. The summed E-state index contributed by atoms with van der Waals surface area (Å²) in [7, 11) is 1.45. The third-order valence-corrected chi connectivity index (χ3v) is 3.03. The molecule has 3 N–H and O–H groups in total. The number of halogens is 2. The second kappa shape index (κ2) is 5.94. The molecule has 0 radical (unpaired) electrons. The zero-order valence-corrected chi connectivity index (χ0v) is 11.9. The summed E-state index contributed by atoms with van der Waals surface area (Å²) in [5, 5.41) is 2.62. The van der Waals surface area contributed by atoms with Crippen LogP contribution in [0.15, 0.2) is 24.5 Å². The van der Waals surface area contributed by atoms with E-state index < -0.39 is 5.91 Å². The first-order valence-corrected chi connectivity index (χ1v) is 6.19. The van der Waals surface area contributed by atoms with Crippen molar-refractivity contribution in [3.63, 3.8) is 0 Å². The van der Waals surface area contributed by atoms with Crippen LogP contribution in [0.1, 0.15) is 10.4 Å². The number of benzene rings is 1. The van der Waals surface area contributed by atoms with Gasteiger partial charge in [0.25, 0.3) is 5.91 Å². The molecule has 1 amide bonds. The van der Waals surface area contributed by atoms with Crippen molar-refractivity contribution in [1.29, 1.82) is 0 Å². The number of hydrogen-bond donors (Lipinski definition) is 2. The quantitative estimate of drug-likeness (QED) is 0.671. The summed E-state index contributed by atoms with van der Waals surface area (Å²) in [6.07, 6.45) is 1.20. The second-order valence-electron chi connectivity index (χ2n) is 3.74. The molecule has 0 fully saturated rings. The van der Waals surface area contributed by atoms with Crippen molar-refractivity contribution in [3.05, 3.63) is 40.4 Å². The number of ether oxygens (including phenoxy) is 1. The van der Waals surface area contributed by atoms with Gasteiger partial charge in [0.05, 0.1) is 12.7 Å². The Morgan fingerprint density at radius 1 is 1.30 bits per heavy atom. The van der Waals surface area contributed by atoms with Crippen LogP contribution in [0, 0.1) is 0 Å². The molecule has 0 spiro atoms. The molecular weight excluding hydrogens is 303 g/mol. The molecule has 0 bridgehead atoms. The number of carbonyl (C=O) groups is 1. The summed E-state index contributed by atoms with van der Waals surface area (Å²) in [6, 6.07) is 4.70. The number of nitrogens with zero attached hydrogens (tertiary/aromatic N) is 2. The van der Waals surface area contributed by atoms with E-state index in [-0.39, 0.29) is 21.6 Å². The maximum Gasteiger partial charge on any atom is 0.259 e. The van der Waals surface area contributed by atoms with Gasteiger partial charge in [0.1, 0.15) is 17.8 Å². The molecule has 1 heterocycles. The highest BCUT2D eigenvalue weighted by Crippen LogP contribution is 2.28. The number of amides is 1. The highest BCUT2D eigenvalue weighted by molar-refractivity contribution is 6.38. The van der Waals surface area contributed by atoms with Gasteiger partial charge in [0, 0.05) is 5.69 Å². The number of hydrogen-bond acceptors (Lipinski definition) is 5. The number of nitrogens with two attached hydrogens (primary N) is 1. The first-order valence-electron chi connectivity index (χ1n) is 5.43. The molecule has 8 heteroatoms. The number of methoxy groups -OCH3 is 1. The van der Waals surface area contributed by atoms with Crippen LogP contribution >= 0.6 is 23.2 Å². The van der Waals surface area contributed by atoms with Crippen LogP contribution in [0.4, 0.5) is 11.4 Å². The minimum Gasteiger partial charge on any atom is -0.496 e. The van der Waals surface area contributed by atoms with E-state index in [9.17, 15) is 4.79 Å². The predicted octanol–water partition coefficient (Wildman–Crippen LogP) is 2.63. The maximum absolute atomic E-state index is 12.2. The molecule has 0 saturated heterocycles. The summed E-state index contributed by atoms with van der Waals surface area (Å²) >= 11 is 11.7. The van der Waals surface area contributed by atoms with E-state index in [1.807, 2.05) is 0 Å². The fourth-order valence-electron chi connectivity index (χ4n) is 1.53. The van der Waals surface area contributed by atoms with Gasteiger partial charge in [-0.1, -0.05) is 23.2 Å². The summed E-state index contributed by atoms with van der Waals surface area (Å²) in [4.78, 5) is 19.7. The molecule has 0 aliphatic heterocycles. The highest BCUT2D eigenvalue weighted by Gasteiger charge is 2.17. The molecule has 1 aromatic heterocycles. The van der Waals surface area contributed by atoms with Gasteiger partial charge in [-0.25, -0.2) is 9.97 Å². The summed E-state index contributed by atoms with van der Waals surface area (Å²) in [5.74, 6) is -0.103. The van der Waals surface area contributed by atoms with Crippen LogP contribution in [-0.4, -0.2) is 23.0 Å². The minimum atomic E-state index is -0.479. The Morgan fingerprint density at radius 3 is 2.55 bits per heavy atom. The number of anilines is 2. The van der Waals surface area contributed by atoms with Gasteiger partial charge < -0.3 is 15.8 Å². The number of nitrogen functional groups attached to an aromatic ring is 1. The number of nitrogens with one attached hydrogen (secondary N) is 1. The van der Waals surface area contributed by atoms with Gasteiger partial charge in [0.15, 0.2) is 10.3 Å². The van der Waals surface area contributed by atoms with Crippen molar-refractivity contribution in [2.75, 3.05) is 18.2 Å². The number of rotatable bonds is 3. The first kappa shape index (κ1) is 14.4. The normalized spacial score (nSPS) is 10.2. The zero-order valence-electron chi connectivity index (χ0n) is 10.4. The van der Waals surface area contributed by atoms with Crippen molar-refractivity contribution >= 4 is 40.5 Å². The molecule has 20 heavy (non-hydrogen) atoms. The Kier molecular flexibility index (Phi) is 4.26. The van der Waals surface area contributed by atoms with Crippen LogP contribution in [0.3, 0.4) is 0 Å². The lowest BCUT2D eigenvalue weighted by molar-refractivity contribution is 0.102. The van der Waals surface area contributed by atoms with E-state index in [0.29, 0.717) is 11.4 Å². The average molecular weight is 313 g/mol. The van der Waals surface area contributed by atoms with Crippen LogP contribution in [0.2, 0.25) is 10.3 Å². The molecule has 0 saturated carbocycles. The molecule has 2 aromatic rings. The Morgan fingerprint density at radius 2 is 1.95 bits per heavy atom. The van der Waals surface area contributed by atoms with Gasteiger partial charge in [0.2, 0.25) is 0 Å². The van der Waals surface area contributed by atoms with Crippen LogP contribution in [0.5, 0.6) is 5.75 Å². The van der Waals surface area contributed by atoms with E-state index in [1.165, 1.54) is 19.5 Å². The molecule has 0 atom stereocenters. The predicted molar refractivity (Wildman–Crippen MR) is 77.4 cm³/mol. The van der Waals surface area contributed by atoms with Crippen molar-refractivity contribution in [2.45, 2.75) is 0 Å².